The number of carbonyl (C=O) groups excluding carboxylic acids is 1. The molecule has 0 aliphatic heterocycles. The van der Waals surface area contributed by atoms with Crippen LogP contribution in [0.25, 0.3) is 0 Å². The highest BCUT2D eigenvalue weighted by atomic mass is 32.2. The molecular formula is C16H17NO3S. The first-order valence-electron chi connectivity index (χ1n) is 6.52. The van der Waals surface area contributed by atoms with Gasteiger partial charge in [0.15, 0.2) is 0 Å². The Morgan fingerprint density at radius 1 is 1.19 bits per heavy atom. The largest absolute Gasteiger partial charge is 0.497 e. The van der Waals surface area contributed by atoms with Gasteiger partial charge in [-0.1, -0.05) is 17.8 Å². The summed E-state index contributed by atoms with van der Waals surface area (Å²) in [5.41, 5.74) is 6.64. The first kappa shape index (κ1) is 15.3. The number of anilines is 1. The van der Waals surface area contributed by atoms with Gasteiger partial charge < -0.3 is 15.2 Å². The number of carbonyl (C=O) groups is 1. The molecule has 0 heterocycles. The van der Waals surface area contributed by atoms with Crippen LogP contribution in [0.1, 0.15) is 17.3 Å². The minimum Gasteiger partial charge on any atom is -0.497 e. The lowest BCUT2D eigenvalue weighted by atomic mass is 10.2. The number of rotatable bonds is 5. The van der Waals surface area contributed by atoms with Gasteiger partial charge in [0.25, 0.3) is 0 Å². The van der Waals surface area contributed by atoms with Gasteiger partial charge in [-0.15, -0.1) is 0 Å². The zero-order valence-corrected chi connectivity index (χ0v) is 12.8. The van der Waals surface area contributed by atoms with E-state index >= 15 is 0 Å². The smallest absolute Gasteiger partial charge is 0.340 e. The number of esters is 1. The van der Waals surface area contributed by atoms with Crippen molar-refractivity contribution in [3.63, 3.8) is 0 Å². The van der Waals surface area contributed by atoms with Crippen molar-refractivity contribution in [1.82, 2.24) is 0 Å². The Morgan fingerprint density at radius 3 is 2.67 bits per heavy atom. The van der Waals surface area contributed by atoms with Gasteiger partial charge in [-0.2, -0.15) is 0 Å². The molecule has 4 nitrogen and oxygen atoms in total. The fourth-order valence-corrected chi connectivity index (χ4v) is 2.69. The molecule has 2 N–H and O–H groups in total. The van der Waals surface area contributed by atoms with Crippen molar-refractivity contribution in [2.75, 3.05) is 19.5 Å². The Labute approximate surface area is 128 Å². The predicted octanol–water partition coefficient (Wildman–Crippen LogP) is 3.61. The molecule has 5 heteroatoms. The number of nitrogens with two attached hydrogens (primary N) is 1. The van der Waals surface area contributed by atoms with E-state index in [4.69, 9.17) is 15.2 Å². The van der Waals surface area contributed by atoms with Crippen molar-refractivity contribution in [1.29, 1.82) is 0 Å². The van der Waals surface area contributed by atoms with E-state index in [2.05, 4.69) is 0 Å². The van der Waals surface area contributed by atoms with Gasteiger partial charge in [0.1, 0.15) is 5.75 Å². The lowest BCUT2D eigenvalue weighted by Crippen LogP contribution is -2.07. The number of ether oxygens (including phenoxy) is 2. The Bertz CT molecular complexity index is 643. The molecule has 0 bridgehead atoms. The Morgan fingerprint density at radius 2 is 1.95 bits per heavy atom. The number of nitrogen functional groups attached to an aromatic ring is 1. The molecule has 0 amide bonds. The van der Waals surface area contributed by atoms with Crippen LogP contribution in [0.15, 0.2) is 52.3 Å². The second-order valence-electron chi connectivity index (χ2n) is 4.25. The average Bonchev–Trinajstić information content (AvgIpc) is 2.49. The zero-order chi connectivity index (χ0) is 15.2. The number of hydrogen-bond acceptors (Lipinski definition) is 5. The maximum absolute atomic E-state index is 11.8. The van der Waals surface area contributed by atoms with Crippen molar-refractivity contribution in [2.24, 2.45) is 0 Å². The van der Waals surface area contributed by atoms with E-state index < -0.39 is 5.97 Å². The summed E-state index contributed by atoms with van der Waals surface area (Å²) in [5.74, 6) is 0.393. The maximum atomic E-state index is 11.8. The highest BCUT2D eigenvalue weighted by Crippen LogP contribution is 2.31. The van der Waals surface area contributed by atoms with E-state index in [1.54, 1.807) is 26.2 Å². The van der Waals surface area contributed by atoms with Crippen LogP contribution in [-0.4, -0.2) is 19.7 Å². The minimum atomic E-state index is -0.400. The Kier molecular flexibility index (Phi) is 5.11. The molecule has 2 aromatic carbocycles. The summed E-state index contributed by atoms with van der Waals surface area (Å²) in [7, 11) is 1.63. The third kappa shape index (κ3) is 3.92. The molecule has 0 aromatic heterocycles. The maximum Gasteiger partial charge on any atom is 0.340 e. The van der Waals surface area contributed by atoms with E-state index in [0.29, 0.717) is 17.9 Å². The number of methoxy groups -OCH3 is 1. The standard InChI is InChI=1S/C16H17NO3S/c1-3-20-16(18)14-10-13(7-8-15(14)17)21-12-6-4-5-11(9-12)19-2/h4-10H,3,17H2,1-2H3. The van der Waals surface area contributed by atoms with E-state index in [-0.39, 0.29) is 0 Å². The lowest BCUT2D eigenvalue weighted by Gasteiger charge is -2.08. The minimum absolute atomic E-state index is 0.325. The highest BCUT2D eigenvalue weighted by molar-refractivity contribution is 7.99. The molecule has 0 saturated carbocycles. The third-order valence-corrected chi connectivity index (χ3v) is 3.78. The van der Waals surface area contributed by atoms with E-state index in [1.807, 2.05) is 30.3 Å². The van der Waals surface area contributed by atoms with Crippen LogP contribution in [0.2, 0.25) is 0 Å². The van der Waals surface area contributed by atoms with Crippen LogP contribution in [0, 0.1) is 0 Å². The molecule has 0 unspecified atom stereocenters. The molecule has 21 heavy (non-hydrogen) atoms. The molecule has 0 fully saturated rings. The molecule has 0 atom stereocenters. The first-order valence-corrected chi connectivity index (χ1v) is 7.34. The van der Waals surface area contributed by atoms with Crippen LogP contribution in [-0.2, 0) is 4.74 Å². The average molecular weight is 303 g/mol. The first-order chi connectivity index (χ1) is 10.1. The van der Waals surface area contributed by atoms with E-state index in [9.17, 15) is 4.79 Å². The van der Waals surface area contributed by atoms with Crippen LogP contribution in [0.3, 0.4) is 0 Å². The molecule has 0 saturated heterocycles. The summed E-state index contributed by atoms with van der Waals surface area (Å²) < 4.78 is 10.2. The SMILES string of the molecule is CCOC(=O)c1cc(Sc2cccc(OC)c2)ccc1N. The van der Waals surface area contributed by atoms with Gasteiger partial charge in [0, 0.05) is 15.5 Å². The van der Waals surface area contributed by atoms with Gasteiger partial charge in [0.2, 0.25) is 0 Å². The van der Waals surface area contributed by atoms with E-state index in [1.165, 1.54) is 11.8 Å². The van der Waals surface area contributed by atoms with E-state index in [0.717, 1.165) is 15.5 Å². The predicted molar refractivity (Wildman–Crippen MR) is 83.9 cm³/mol. The van der Waals surface area contributed by atoms with Gasteiger partial charge >= 0.3 is 5.97 Å². The van der Waals surface area contributed by atoms with Crippen molar-refractivity contribution < 1.29 is 14.3 Å². The molecule has 2 aromatic rings. The fourth-order valence-electron chi connectivity index (χ4n) is 1.79. The molecule has 0 radical (unpaired) electrons. The highest BCUT2D eigenvalue weighted by Gasteiger charge is 2.12. The van der Waals surface area contributed by atoms with Crippen LogP contribution in [0.5, 0.6) is 5.75 Å². The second kappa shape index (κ2) is 7.04. The van der Waals surface area contributed by atoms with Gasteiger partial charge in [-0.3, -0.25) is 0 Å². The summed E-state index contributed by atoms with van der Waals surface area (Å²) in [4.78, 5) is 13.8. The Balaban J connectivity index is 2.24. The van der Waals surface area contributed by atoms with Crippen molar-refractivity contribution in [3.8, 4) is 5.75 Å². The van der Waals surface area contributed by atoms with Gasteiger partial charge in [0.05, 0.1) is 19.3 Å². The zero-order valence-electron chi connectivity index (χ0n) is 12.0. The van der Waals surface area contributed by atoms with Crippen LogP contribution >= 0.6 is 11.8 Å². The number of benzene rings is 2. The molecular weight excluding hydrogens is 286 g/mol. The van der Waals surface area contributed by atoms with Crippen molar-refractivity contribution in [3.05, 3.63) is 48.0 Å². The molecule has 0 spiro atoms. The number of hydrogen-bond donors (Lipinski definition) is 1. The fraction of sp³-hybridized carbons (Fsp3) is 0.188. The second-order valence-corrected chi connectivity index (χ2v) is 5.40. The summed E-state index contributed by atoms with van der Waals surface area (Å²) in [6.45, 7) is 2.09. The quantitative estimate of drug-likeness (QED) is 0.675. The van der Waals surface area contributed by atoms with Crippen molar-refractivity contribution >= 4 is 23.4 Å². The normalized spacial score (nSPS) is 10.2. The molecule has 0 aliphatic rings. The summed E-state index contributed by atoms with van der Waals surface area (Å²) in [5, 5.41) is 0. The summed E-state index contributed by atoms with van der Waals surface area (Å²) in [6, 6.07) is 13.1. The topological polar surface area (TPSA) is 61.5 Å². The Hall–Kier alpha value is -2.14. The molecule has 2 rings (SSSR count). The van der Waals surface area contributed by atoms with Crippen LogP contribution in [0.4, 0.5) is 5.69 Å². The summed E-state index contributed by atoms with van der Waals surface area (Å²) >= 11 is 1.53. The monoisotopic (exact) mass is 303 g/mol. The summed E-state index contributed by atoms with van der Waals surface area (Å²) in [6.07, 6.45) is 0. The molecule has 0 aliphatic carbocycles. The lowest BCUT2D eigenvalue weighted by molar-refractivity contribution is 0.0527. The van der Waals surface area contributed by atoms with Crippen molar-refractivity contribution in [2.45, 2.75) is 16.7 Å². The van der Waals surface area contributed by atoms with Gasteiger partial charge in [-0.05, 0) is 43.3 Å². The van der Waals surface area contributed by atoms with Gasteiger partial charge in [-0.25, -0.2) is 4.79 Å². The third-order valence-electron chi connectivity index (χ3n) is 2.80. The van der Waals surface area contributed by atoms with Crippen LogP contribution < -0.4 is 10.5 Å². The molecule has 110 valence electrons.